The summed E-state index contributed by atoms with van der Waals surface area (Å²) >= 11 is 0. The van der Waals surface area contributed by atoms with Gasteiger partial charge >= 0.3 is 6.09 Å². The van der Waals surface area contributed by atoms with E-state index in [4.69, 9.17) is 14.3 Å². The average Bonchev–Trinajstić information content (AvgIpc) is 3.05. The van der Waals surface area contributed by atoms with Crippen molar-refractivity contribution in [2.24, 2.45) is 0 Å². The third-order valence-electron chi connectivity index (χ3n) is 9.36. The van der Waals surface area contributed by atoms with Gasteiger partial charge in [0.15, 0.2) is 0 Å². The number of amides is 1. The Morgan fingerprint density at radius 1 is 0.562 bits per heavy atom. The van der Waals surface area contributed by atoms with Crippen LogP contribution in [0.15, 0.2) is 0 Å². The molecular weight excluding hydrogens is 596 g/mol. The summed E-state index contributed by atoms with van der Waals surface area (Å²) in [6, 6.07) is 0. The summed E-state index contributed by atoms with van der Waals surface area (Å²) in [4.78, 5) is 18.3. The van der Waals surface area contributed by atoms with E-state index in [1.807, 2.05) is 27.8 Å². The highest BCUT2D eigenvalue weighted by atomic mass is 16.7. The van der Waals surface area contributed by atoms with E-state index in [0.717, 1.165) is 32.1 Å². The maximum atomic E-state index is 12.6. The van der Waals surface area contributed by atoms with Crippen molar-refractivity contribution >= 4 is 6.09 Å². The second kappa shape index (κ2) is 36.0. The first-order valence-corrected chi connectivity index (χ1v) is 21.2. The molecule has 6 heteroatoms. The molecule has 0 saturated carbocycles. The van der Waals surface area contributed by atoms with Crippen LogP contribution in [0.1, 0.15) is 227 Å². The van der Waals surface area contributed by atoms with Gasteiger partial charge in [0.1, 0.15) is 12.8 Å². The van der Waals surface area contributed by atoms with Crippen LogP contribution < -0.4 is 5.32 Å². The molecule has 1 amide bonds. The quantitative estimate of drug-likeness (QED) is 0.0401. The van der Waals surface area contributed by atoms with Crippen molar-refractivity contribution in [3.63, 3.8) is 0 Å². The van der Waals surface area contributed by atoms with Crippen LogP contribution in [-0.2, 0) is 14.3 Å². The van der Waals surface area contributed by atoms with Gasteiger partial charge in [-0.2, -0.15) is 5.06 Å². The molecule has 0 radical (unpaired) electrons. The molecule has 0 spiro atoms. The minimum atomic E-state index is -0.274. The van der Waals surface area contributed by atoms with Crippen molar-refractivity contribution in [3.8, 4) is 0 Å². The molecule has 0 saturated heterocycles. The first-order valence-electron chi connectivity index (χ1n) is 21.2. The average molecular weight is 683 g/mol. The van der Waals surface area contributed by atoms with Gasteiger partial charge in [-0.3, -0.25) is 4.84 Å². The van der Waals surface area contributed by atoms with E-state index in [0.29, 0.717) is 19.9 Å². The van der Waals surface area contributed by atoms with Crippen LogP contribution in [0.3, 0.4) is 0 Å². The second-order valence-electron chi connectivity index (χ2n) is 15.6. The third kappa shape index (κ3) is 38.0. The van der Waals surface area contributed by atoms with E-state index in [1.54, 1.807) is 5.06 Å². The molecule has 0 aromatic carbocycles. The summed E-state index contributed by atoms with van der Waals surface area (Å²) in [7, 11) is 1.87. The van der Waals surface area contributed by atoms with Crippen molar-refractivity contribution < 1.29 is 19.1 Å². The second-order valence-corrected chi connectivity index (χ2v) is 15.6. The number of alkyl carbamates (subject to hydrolysis) is 1. The number of ether oxygens (including phenoxy) is 2. The van der Waals surface area contributed by atoms with Crippen molar-refractivity contribution in [2.45, 2.75) is 239 Å². The van der Waals surface area contributed by atoms with Crippen LogP contribution >= 0.6 is 0 Å². The summed E-state index contributed by atoms with van der Waals surface area (Å²) in [6.45, 7) is 12.2. The summed E-state index contributed by atoms with van der Waals surface area (Å²) in [5.41, 5.74) is -0.195. The SMILES string of the molecule is CCCCCCCCCCCCCCCCC(CCCCCCCCCCCCCCC)OC(=O)NCCCON(C)COC(C)(C)C. The first-order chi connectivity index (χ1) is 23.3. The number of hydrogen-bond acceptors (Lipinski definition) is 5. The zero-order valence-corrected chi connectivity index (χ0v) is 33.5. The third-order valence-corrected chi connectivity index (χ3v) is 9.36. The van der Waals surface area contributed by atoms with E-state index in [2.05, 4.69) is 19.2 Å². The van der Waals surface area contributed by atoms with Crippen molar-refractivity contribution in [2.75, 3.05) is 26.9 Å². The van der Waals surface area contributed by atoms with Crippen molar-refractivity contribution in [3.05, 3.63) is 0 Å². The number of hydrogen-bond donors (Lipinski definition) is 1. The number of rotatable bonds is 37. The molecule has 1 atom stereocenters. The van der Waals surface area contributed by atoms with Gasteiger partial charge in [-0.25, -0.2) is 4.79 Å². The minimum Gasteiger partial charge on any atom is -0.446 e. The van der Waals surface area contributed by atoms with Crippen molar-refractivity contribution in [1.82, 2.24) is 10.4 Å². The zero-order chi connectivity index (χ0) is 35.4. The Morgan fingerprint density at radius 3 is 1.27 bits per heavy atom. The van der Waals surface area contributed by atoms with E-state index in [1.165, 1.54) is 161 Å². The highest BCUT2D eigenvalue weighted by Gasteiger charge is 2.15. The largest absolute Gasteiger partial charge is 0.446 e. The van der Waals surface area contributed by atoms with Gasteiger partial charge in [0.25, 0.3) is 0 Å². The fourth-order valence-electron chi connectivity index (χ4n) is 6.22. The number of carbonyl (C=O) groups excluding carboxylic acids is 1. The van der Waals surface area contributed by atoms with Crippen LogP contribution in [0.4, 0.5) is 4.79 Å². The lowest BCUT2D eigenvalue weighted by Crippen LogP contribution is -2.32. The van der Waals surface area contributed by atoms with Gasteiger partial charge in [0.05, 0.1) is 12.2 Å². The molecule has 1 unspecified atom stereocenters. The maximum Gasteiger partial charge on any atom is 0.407 e. The monoisotopic (exact) mass is 683 g/mol. The van der Waals surface area contributed by atoms with Gasteiger partial charge in [-0.15, -0.1) is 0 Å². The molecule has 0 aliphatic carbocycles. The predicted octanol–water partition coefficient (Wildman–Crippen LogP) is 13.5. The Labute approximate surface area is 300 Å². The van der Waals surface area contributed by atoms with Crippen LogP contribution in [0.25, 0.3) is 0 Å². The Balaban J connectivity index is 4.16. The van der Waals surface area contributed by atoms with Crippen LogP contribution in [0.5, 0.6) is 0 Å². The molecule has 1 N–H and O–H groups in total. The molecule has 0 heterocycles. The fraction of sp³-hybridized carbons (Fsp3) is 0.976. The molecule has 48 heavy (non-hydrogen) atoms. The molecule has 288 valence electrons. The molecule has 0 aliphatic heterocycles. The highest BCUT2D eigenvalue weighted by Crippen LogP contribution is 2.19. The standard InChI is InChI=1S/C42H86N2O4/c1-7-9-11-13-15-17-19-21-23-25-27-29-31-33-36-40(35-32-30-28-26-24-22-20-18-16-14-12-10-8-2)48-41(45)43-37-34-38-47-44(6)39-46-42(3,4)5/h40H,7-39H2,1-6H3,(H,43,45). The van der Waals surface area contributed by atoms with Crippen LogP contribution in [0, 0.1) is 0 Å². The Hall–Kier alpha value is -0.850. The molecule has 0 bridgehead atoms. The summed E-state index contributed by atoms with van der Waals surface area (Å²) < 4.78 is 11.7. The van der Waals surface area contributed by atoms with Gasteiger partial charge in [0.2, 0.25) is 0 Å². The number of unbranched alkanes of at least 4 members (excludes halogenated alkanes) is 25. The lowest BCUT2D eigenvalue weighted by atomic mass is 10.0. The molecule has 0 aliphatic rings. The molecule has 6 nitrogen and oxygen atoms in total. The number of hydroxylamine groups is 2. The molecule has 0 aromatic heterocycles. The fourth-order valence-corrected chi connectivity index (χ4v) is 6.22. The van der Waals surface area contributed by atoms with E-state index >= 15 is 0 Å². The number of carbonyl (C=O) groups is 1. The smallest absolute Gasteiger partial charge is 0.407 e. The summed E-state index contributed by atoms with van der Waals surface area (Å²) in [5.74, 6) is 0. The van der Waals surface area contributed by atoms with Gasteiger partial charge < -0.3 is 14.8 Å². The maximum absolute atomic E-state index is 12.6. The van der Waals surface area contributed by atoms with Crippen molar-refractivity contribution in [1.29, 1.82) is 0 Å². The Bertz CT molecular complexity index is 654. The van der Waals surface area contributed by atoms with Crippen LogP contribution in [0.2, 0.25) is 0 Å². The number of nitrogens with zero attached hydrogens (tertiary/aromatic N) is 1. The minimum absolute atomic E-state index is 0.0342. The highest BCUT2D eigenvalue weighted by molar-refractivity contribution is 5.67. The van der Waals surface area contributed by atoms with E-state index in [9.17, 15) is 4.79 Å². The summed E-state index contributed by atoms with van der Waals surface area (Å²) in [5, 5.41) is 4.65. The van der Waals surface area contributed by atoms with Crippen LogP contribution in [-0.4, -0.2) is 49.8 Å². The van der Waals surface area contributed by atoms with E-state index in [-0.39, 0.29) is 17.8 Å². The lowest BCUT2D eigenvalue weighted by Gasteiger charge is -2.24. The lowest BCUT2D eigenvalue weighted by molar-refractivity contribution is -0.213. The zero-order valence-electron chi connectivity index (χ0n) is 33.5. The molecular formula is C42H86N2O4. The molecule has 0 fully saturated rings. The van der Waals surface area contributed by atoms with E-state index < -0.39 is 0 Å². The topological polar surface area (TPSA) is 60.0 Å². The predicted molar refractivity (Wildman–Crippen MR) is 208 cm³/mol. The van der Waals surface area contributed by atoms with Gasteiger partial charge in [0, 0.05) is 13.6 Å². The van der Waals surface area contributed by atoms with Gasteiger partial charge in [-0.05, 0) is 52.9 Å². The molecule has 0 rings (SSSR count). The Morgan fingerprint density at radius 2 is 0.917 bits per heavy atom. The molecule has 0 aromatic rings. The normalized spacial score (nSPS) is 12.6. The van der Waals surface area contributed by atoms with Gasteiger partial charge in [-0.1, -0.05) is 174 Å². The number of nitrogens with one attached hydrogen (secondary N) is 1. The summed E-state index contributed by atoms with van der Waals surface area (Å²) in [6.07, 6.45) is 39.3. The Kier molecular flexibility index (Phi) is 35.3. The first kappa shape index (κ1) is 47.1.